The molecule has 1 aromatic rings. The van der Waals surface area contributed by atoms with Crippen LogP contribution in [0, 0.1) is 0 Å². The topological polar surface area (TPSA) is 45.8 Å². The van der Waals surface area contributed by atoms with E-state index in [9.17, 15) is 4.79 Å². The lowest BCUT2D eigenvalue weighted by Crippen LogP contribution is -2.23. The Morgan fingerprint density at radius 3 is 2.86 bits per heavy atom. The largest absolute Gasteiger partial charge is 0.345 e. The molecule has 1 fully saturated rings. The number of nitrogens with one attached hydrogen (secondary N) is 1. The van der Waals surface area contributed by atoms with Gasteiger partial charge in [-0.05, 0) is 31.2 Å². The number of aryl methyl sites for hydroxylation is 1. The molecule has 0 amide bonds. The fourth-order valence-corrected chi connectivity index (χ4v) is 3.13. The molecule has 0 atom stereocenters. The number of hydrogen-bond donors (Lipinski definition) is 1. The zero-order valence-corrected chi connectivity index (χ0v) is 8.18. The molecule has 0 aromatic carbocycles. The second-order valence-electron chi connectivity index (χ2n) is 4.58. The summed E-state index contributed by atoms with van der Waals surface area (Å²) in [5.41, 5.74) is 2.61. The summed E-state index contributed by atoms with van der Waals surface area (Å²) in [7, 11) is 0. The summed E-state index contributed by atoms with van der Waals surface area (Å²) in [5.74, 6) is 0. The zero-order valence-electron chi connectivity index (χ0n) is 8.18. The van der Waals surface area contributed by atoms with E-state index in [-0.39, 0.29) is 5.69 Å². The number of nitrogens with zero attached hydrogens (tertiary/aromatic N) is 1. The van der Waals surface area contributed by atoms with E-state index >= 15 is 0 Å². The van der Waals surface area contributed by atoms with Gasteiger partial charge in [-0.2, -0.15) is 0 Å². The number of H-pyrrole nitrogens is 1. The predicted octanol–water partition coefficient (Wildman–Crippen LogP) is 1.53. The molecule has 1 spiro atoms. The number of fused-ring (bicyclic) bond motifs is 2. The van der Waals surface area contributed by atoms with E-state index in [0.29, 0.717) is 5.41 Å². The van der Waals surface area contributed by atoms with Gasteiger partial charge in [-0.1, -0.05) is 12.8 Å². The molecule has 0 aliphatic heterocycles. The Morgan fingerprint density at radius 2 is 2.07 bits per heavy atom. The van der Waals surface area contributed by atoms with Crippen LogP contribution in [-0.4, -0.2) is 9.97 Å². The van der Waals surface area contributed by atoms with E-state index in [1.165, 1.54) is 43.4 Å². The normalized spacial score (nSPS) is 22.9. The van der Waals surface area contributed by atoms with Crippen LogP contribution in [0.3, 0.4) is 0 Å². The van der Waals surface area contributed by atoms with Crippen molar-refractivity contribution in [1.29, 1.82) is 0 Å². The molecule has 1 saturated carbocycles. The van der Waals surface area contributed by atoms with Crippen LogP contribution >= 0.6 is 0 Å². The van der Waals surface area contributed by atoms with Crippen LogP contribution in [0.15, 0.2) is 11.0 Å². The maximum absolute atomic E-state index is 11.2. The Balaban J connectivity index is 2.16. The molecule has 1 N–H and O–H groups in total. The highest BCUT2D eigenvalue weighted by Crippen LogP contribution is 2.48. The maximum Gasteiger partial charge on any atom is 0.345 e. The van der Waals surface area contributed by atoms with Crippen molar-refractivity contribution in [2.24, 2.45) is 0 Å². The summed E-state index contributed by atoms with van der Waals surface area (Å²) in [5, 5.41) is 0. The van der Waals surface area contributed by atoms with Crippen molar-refractivity contribution in [1.82, 2.24) is 9.97 Å². The van der Waals surface area contributed by atoms with Gasteiger partial charge in [0.2, 0.25) is 0 Å². The van der Waals surface area contributed by atoms with Crippen LogP contribution in [-0.2, 0) is 11.8 Å². The van der Waals surface area contributed by atoms with Crippen LogP contribution in [0.2, 0.25) is 0 Å². The number of hydrogen-bond acceptors (Lipinski definition) is 2. The van der Waals surface area contributed by atoms with Crippen molar-refractivity contribution in [3.8, 4) is 0 Å². The molecule has 3 heteroatoms. The zero-order chi connectivity index (χ0) is 9.60. The number of aromatic amines is 1. The third-order valence-electron chi connectivity index (χ3n) is 3.85. The molecule has 3 nitrogen and oxygen atoms in total. The van der Waals surface area contributed by atoms with Crippen LogP contribution in [0.25, 0.3) is 0 Å². The van der Waals surface area contributed by atoms with Gasteiger partial charge in [-0.3, -0.25) is 0 Å². The van der Waals surface area contributed by atoms with Gasteiger partial charge >= 0.3 is 5.69 Å². The highest BCUT2D eigenvalue weighted by molar-refractivity contribution is 5.32. The van der Waals surface area contributed by atoms with Gasteiger partial charge in [0.25, 0.3) is 0 Å². The fourth-order valence-electron chi connectivity index (χ4n) is 3.13. The van der Waals surface area contributed by atoms with Crippen LogP contribution in [0.1, 0.15) is 43.4 Å². The first-order valence-electron chi connectivity index (χ1n) is 5.39. The lowest BCUT2D eigenvalue weighted by atomic mass is 9.84. The first kappa shape index (κ1) is 8.21. The van der Waals surface area contributed by atoms with Crippen LogP contribution < -0.4 is 5.69 Å². The minimum atomic E-state index is -0.183. The Bertz CT molecular complexity index is 416. The molecular formula is C11H14N2O. The molecule has 0 radical (unpaired) electrons. The van der Waals surface area contributed by atoms with Crippen molar-refractivity contribution in [3.63, 3.8) is 0 Å². The first-order chi connectivity index (χ1) is 6.80. The van der Waals surface area contributed by atoms with Gasteiger partial charge in [0.1, 0.15) is 0 Å². The Labute approximate surface area is 82.6 Å². The van der Waals surface area contributed by atoms with Crippen molar-refractivity contribution < 1.29 is 0 Å². The van der Waals surface area contributed by atoms with Crippen molar-refractivity contribution in [2.45, 2.75) is 43.9 Å². The molecule has 74 valence electrons. The summed E-state index contributed by atoms with van der Waals surface area (Å²) in [6, 6.07) is 0. The molecule has 1 aromatic heterocycles. The van der Waals surface area contributed by atoms with Crippen molar-refractivity contribution in [2.75, 3.05) is 0 Å². The van der Waals surface area contributed by atoms with E-state index in [4.69, 9.17) is 0 Å². The van der Waals surface area contributed by atoms with E-state index in [1.54, 1.807) is 6.20 Å². The highest BCUT2D eigenvalue weighted by atomic mass is 16.1. The second-order valence-corrected chi connectivity index (χ2v) is 4.58. The summed E-state index contributed by atoms with van der Waals surface area (Å²) >= 11 is 0. The Morgan fingerprint density at radius 1 is 1.29 bits per heavy atom. The first-order valence-corrected chi connectivity index (χ1v) is 5.39. The summed E-state index contributed by atoms with van der Waals surface area (Å²) in [6.45, 7) is 0. The summed E-state index contributed by atoms with van der Waals surface area (Å²) < 4.78 is 0. The van der Waals surface area contributed by atoms with E-state index in [0.717, 1.165) is 6.42 Å². The van der Waals surface area contributed by atoms with Crippen LogP contribution in [0.4, 0.5) is 0 Å². The minimum absolute atomic E-state index is 0.183. The number of rotatable bonds is 0. The van der Waals surface area contributed by atoms with Gasteiger partial charge in [-0.15, -0.1) is 0 Å². The van der Waals surface area contributed by atoms with Gasteiger partial charge < -0.3 is 4.98 Å². The van der Waals surface area contributed by atoms with E-state index in [1.807, 2.05) is 0 Å². The average molecular weight is 190 g/mol. The molecule has 0 bridgehead atoms. The lowest BCUT2D eigenvalue weighted by Gasteiger charge is -2.22. The van der Waals surface area contributed by atoms with Gasteiger partial charge in [0, 0.05) is 17.3 Å². The monoisotopic (exact) mass is 190 g/mol. The molecule has 1 heterocycles. The Kier molecular flexibility index (Phi) is 1.58. The Hall–Kier alpha value is -1.12. The molecule has 0 saturated heterocycles. The summed E-state index contributed by atoms with van der Waals surface area (Å²) in [4.78, 5) is 18.0. The number of aromatic nitrogens is 2. The highest BCUT2D eigenvalue weighted by Gasteiger charge is 2.41. The van der Waals surface area contributed by atoms with E-state index in [2.05, 4.69) is 9.97 Å². The molecule has 2 aliphatic rings. The maximum atomic E-state index is 11.2. The molecule has 0 unspecified atom stereocenters. The SMILES string of the molecule is O=c1ncc2c([nH]1)C1(CCCC1)CC2. The fraction of sp³-hybridized carbons (Fsp3) is 0.636. The standard InChI is InChI=1S/C11H14N2O/c14-10-12-7-8-3-6-11(9(8)13-10)4-1-2-5-11/h7H,1-6H2,(H,12,13,14). The minimum Gasteiger partial charge on any atom is -0.309 e. The molecule has 3 rings (SSSR count). The van der Waals surface area contributed by atoms with Crippen molar-refractivity contribution in [3.05, 3.63) is 27.9 Å². The molecule has 2 aliphatic carbocycles. The van der Waals surface area contributed by atoms with Crippen molar-refractivity contribution >= 4 is 0 Å². The second kappa shape index (κ2) is 2.69. The van der Waals surface area contributed by atoms with Gasteiger partial charge in [-0.25, -0.2) is 9.78 Å². The van der Waals surface area contributed by atoms with Gasteiger partial charge in [0.15, 0.2) is 0 Å². The van der Waals surface area contributed by atoms with Crippen LogP contribution in [0.5, 0.6) is 0 Å². The third-order valence-corrected chi connectivity index (χ3v) is 3.85. The summed E-state index contributed by atoms with van der Waals surface area (Å²) in [6.07, 6.45) is 9.19. The molecular weight excluding hydrogens is 176 g/mol. The molecule has 14 heavy (non-hydrogen) atoms. The lowest BCUT2D eigenvalue weighted by molar-refractivity contribution is 0.427. The smallest absolute Gasteiger partial charge is 0.309 e. The third kappa shape index (κ3) is 0.982. The predicted molar refractivity (Wildman–Crippen MR) is 53.3 cm³/mol. The van der Waals surface area contributed by atoms with Gasteiger partial charge in [0.05, 0.1) is 0 Å². The quantitative estimate of drug-likeness (QED) is 0.674. The van der Waals surface area contributed by atoms with E-state index < -0.39 is 0 Å². The average Bonchev–Trinajstić information content (AvgIpc) is 2.77.